The van der Waals surface area contributed by atoms with Crippen molar-refractivity contribution in [1.29, 1.82) is 0 Å². The van der Waals surface area contributed by atoms with Gasteiger partial charge in [-0.1, -0.05) is 0 Å². The van der Waals surface area contributed by atoms with Crippen LogP contribution < -0.4 is 11.2 Å². The maximum atomic E-state index is 13.7. The third kappa shape index (κ3) is 5.63. The minimum absolute atomic E-state index is 0.0424. The first kappa shape index (κ1) is 25.3. The lowest BCUT2D eigenvalue weighted by atomic mass is 9.95. The van der Waals surface area contributed by atoms with Gasteiger partial charge in [-0.2, -0.15) is 4.39 Å². The van der Waals surface area contributed by atoms with Crippen LogP contribution in [0.15, 0.2) is 15.8 Å². The van der Waals surface area contributed by atoms with E-state index in [0.717, 1.165) is 4.57 Å². The first-order valence-electron chi connectivity index (χ1n) is 10.2. The number of ether oxygens (including phenoxy) is 2. The Morgan fingerprint density at radius 2 is 1.53 bits per heavy atom. The number of aromatic nitrogens is 2. The van der Waals surface area contributed by atoms with E-state index in [1.807, 2.05) is 4.98 Å². The second-order valence-corrected chi connectivity index (χ2v) is 10.0. The first-order chi connectivity index (χ1) is 14.6. The largest absolute Gasteiger partial charge is 0.463 e. The number of hydrogen-bond acceptors (Lipinski definition) is 7. The number of likely N-dealkylation sites (tertiary alicyclic amines) is 1. The lowest BCUT2D eigenvalue weighted by Gasteiger charge is -2.38. The van der Waals surface area contributed by atoms with Crippen molar-refractivity contribution in [2.75, 3.05) is 13.2 Å². The lowest BCUT2D eigenvalue weighted by molar-refractivity contribution is -0.168. The smallest absolute Gasteiger partial charge is 0.329 e. The van der Waals surface area contributed by atoms with Crippen LogP contribution in [-0.4, -0.2) is 51.0 Å². The highest BCUT2D eigenvalue weighted by molar-refractivity contribution is 5.80. The van der Waals surface area contributed by atoms with Gasteiger partial charge in [-0.05, 0) is 48.0 Å². The van der Waals surface area contributed by atoms with Crippen molar-refractivity contribution in [3.8, 4) is 0 Å². The molecule has 2 rings (SSSR count). The molecule has 32 heavy (non-hydrogen) atoms. The molecule has 2 heterocycles. The van der Waals surface area contributed by atoms with E-state index in [0.29, 0.717) is 6.20 Å². The van der Waals surface area contributed by atoms with Gasteiger partial charge >= 0.3 is 17.6 Å². The molecule has 1 fully saturated rings. The van der Waals surface area contributed by atoms with E-state index in [-0.39, 0.29) is 26.1 Å². The summed E-state index contributed by atoms with van der Waals surface area (Å²) in [6.07, 6.45) is 0.918. The number of amides is 1. The molecule has 1 saturated heterocycles. The zero-order chi connectivity index (χ0) is 24.5. The standard InChI is InChI=1S/C21H30FN3O7/c1-19(2,3)16(28)31-10-21(11-32-17(29)20(4,5)6)8-7-14(26)25(21)12-24-9-13(22)15(27)23-18(24)30/h9H,7-8,10-12H2,1-6H3,(H,23,27,30). The topological polar surface area (TPSA) is 128 Å². The van der Waals surface area contributed by atoms with Crippen LogP contribution >= 0.6 is 0 Å². The Morgan fingerprint density at radius 1 is 1.03 bits per heavy atom. The van der Waals surface area contributed by atoms with Crippen molar-refractivity contribution < 1.29 is 28.2 Å². The lowest BCUT2D eigenvalue weighted by Crippen LogP contribution is -2.55. The van der Waals surface area contributed by atoms with Crippen LogP contribution in [-0.2, 0) is 30.5 Å². The Balaban J connectivity index is 2.40. The molecule has 0 aliphatic carbocycles. The monoisotopic (exact) mass is 455 g/mol. The van der Waals surface area contributed by atoms with Crippen LogP contribution in [0.25, 0.3) is 0 Å². The maximum absolute atomic E-state index is 13.7. The van der Waals surface area contributed by atoms with Crippen molar-refractivity contribution in [3.63, 3.8) is 0 Å². The van der Waals surface area contributed by atoms with Gasteiger partial charge in [0.1, 0.15) is 25.4 Å². The number of carbonyl (C=O) groups excluding carboxylic acids is 3. The number of esters is 2. The van der Waals surface area contributed by atoms with E-state index in [2.05, 4.69) is 0 Å². The summed E-state index contributed by atoms with van der Waals surface area (Å²) in [7, 11) is 0. The summed E-state index contributed by atoms with van der Waals surface area (Å²) in [5.41, 5.74) is -4.97. The summed E-state index contributed by atoms with van der Waals surface area (Å²) in [5, 5.41) is 0. The number of H-pyrrole nitrogens is 1. The molecule has 0 spiro atoms. The van der Waals surface area contributed by atoms with Gasteiger partial charge in [0.05, 0.1) is 17.0 Å². The summed E-state index contributed by atoms with van der Waals surface area (Å²) < 4.78 is 25.5. The highest BCUT2D eigenvalue weighted by Crippen LogP contribution is 2.33. The van der Waals surface area contributed by atoms with Gasteiger partial charge in [-0.15, -0.1) is 0 Å². The van der Waals surface area contributed by atoms with E-state index in [1.165, 1.54) is 4.90 Å². The summed E-state index contributed by atoms with van der Waals surface area (Å²) >= 11 is 0. The van der Waals surface area contributed by atoms with E-state index < -0.39 is 57.9 Å². The molecule has 0 atom stereocenters. The molecule has 0 unspecified atom stereocenters. The van der Waals surface area contributed by atoms with Crippen molar-refractivity contribution in [3.05, 3.63) is 32.9 Å². The number of nitrogens with one attached hydrogen (secondary N) is 1. The molecular weight excluding hydrogens is 425 g/mol. The Kier molecular flexibility index (Phi) is 7.01. The Hall–Kier alpha value is -2.98. The molecule has 1 N–H and O–H groups in total. The number of aromatic amines is 1. The Labute approximate surface area is 184 Å². The van der Waals surface area contributed by atoms with Crippen molar-refractivity contribution >= 4 is 17.8 Å². The molecule has 1 aliphatic rings. The van der Waals surface area contributed by atoms with Crippen LogP contribution in [0.1, 0.15) is 54.4 Å². The zero-order valence-electron chi connectivity index (χ0n) is 19.2. The molecule has 0 radical (unpaired) electrons. The molecule has 10 nitrogen and oxygen atoms in total. The van der Waals surface area contributed by atoms with Crippen molar-refractivity contribution in [2.24, 2.45) is 10.8 Å². The van der Waals surface area contributed by atoms with E-state index in [4.69, 9.17) is 9.47 Å². The summed E-state index contributed by atoms with van der Waals surface area (Å²) in [5.74, 6) is -2.64. The summed E-state index contributed by atoms with van der Waals surface area (Å²) in [4.78, 5) is 63.9. The molecule has 0 bridgehead atoms. The molecule has 1 aromatic rings. The maximum Gasteiger partial charge on any atom is 0.329 e. The minimum Gasteiger partial charge on any atom is -0.463 e. The van der Waals surface area contributed by atoms with Gasteiger partial charge < -0.3 is 14.4 Å². The zero-order valence-corrected chi connectivity index (χ0v) is 19.2. The number of carbonyl (C=O) groups is 3. The molecule has 0 aromatic carbocycles. The molecule has 1 aromatic heterocycles. The van der Waals surface area contributed by atoms with Gasteiger partial charge in [0, 0.05) is 6.42 Å². The van der Waals surface area contributed by atoms with Crippen LogP contribution in [0.3, 0.4) is 0 Å². The molecule has 1 amide bonds. The summed E-state index contributed by atoms with van der Waals surface area (Å²) in [6, 6.07) is 0. The van der Waals surface area contributed by atoms with Gasteiger partial charge in [-0.25, -0.2) is 4.79 Å². The van der Waals surface area contributed by atoms with Crippen molar-refractivity contribution in [2.45, 2.75) is 66.6 Å². The average Bonchev–Trinajstić information content (AvgIpc) is 2.97. The first-order valence-corrected chi connectivity index (χ1v) is 10.2. The van der Waals surface area contributed by atoms with Crippen LogP contribution in [0.4, 0.5) is 4.39 Å². The van der Waals surface area contributed by atoms with Crippen molar-refractivity contribution in [1.82, 2.24) is 14.5 Å². The molecule has 0 saturated carbocycles. The fourth-order valence-corrected chi connectivity index (χ4v) is 3.02. The highest BCUT2D eigenvalue weighted by Gasteiger charge is 2.48. The Bertz CT molecular complexity index is 984. The number of nitrogens with zero attached hydrogens (tertiary/aromatic N) is 2. The fourth-order valence-electron chi connectivity index (χ4n) is 3.02. The highest BCUT2D eigenvalue weighted by atomic mass is 19.1. The van der Waals surface area contributed by atoms with Crippen LogP contribution in [0.5, 0.6) is 0 Å². The van der Waals surface area contributed by atoms with Gasteiger partial charge in [0.15, 0.2) is 0 Å². The molecule has 178 valence electrons. The van der Waals surface area contributed by atoms with Gasteiger partial charge in [0.2, 0.25) is 11.7 Å². The summed E-state index contributed by atoms with van der Waals surface area (Å²) in [6.45, 7) is 9.02. The third-order valence-electron chi connectivity index (χ3n) is 5.11. The molecular formula is C21H30FN3O7. The second kappa shape index (κ2) is 8.87. The number of rotatable bonds is 6. The molecule has 11 heteroatoms. The fraction of sp³-hybridized carbons (Fsp3) is 0.667. The minimum atomic E-state index is -1.26. The average molecular weight is 455 g/mol. The van der Waals surface area contributed by atoms with Crippen LogP contribution in [0, 0.1) is 16.6 Å². The van der Waals surface area contributed by atoms with E-state index in [1.54, 1.807) is 41.5 Å². The Morgan fingerprint density at radius 3 is 2.00 bits per heavy atom. The van der Waals surface area contributed by atoms with Gasteiger partial charge in [-0.3, -0.25) is 28.7 Å². The molecule has 1 aliphatic heterocycles. The quantitative estimate of drug-likeness (QED) is 0.638. The number of hydrogen-bond donors (Lipinski definition) is 1. The third-order valence-corrected chi connectivity index (χ3v) is 5.11. The van der Waals surface area contributed by atoms with E-state index in [9.17, 15) is 28.4 Å². The SMILES string of the molecule is CC(C)(C)C(=O)OCC1(COC(=O)C(C)(C)C)CCC(=O)N1Cn1cc(F)c(=O)[nH]c1=O. The second-order valence-electron chi connectivity index (χ2n) is 10.0. The predicted octanol–water partition coefficient (Wildman–Crippen LogP) is 1.17. The van der Waals surface area contributed by atoms with E-state index >= 15 is 0 Å². The number of halogens is 1. The predicted molar refractivity (Wildman–Crippen MR) is 111 cm³/mol. The van der Waals surface area contributed by atoms with Gasteiger partial charge in [0.25, 0.3) is 5.56 Å². The normalized spacial score (nSPS) is 16.2. The van der Waals surface area contributed by atoms with Crippen LogP contribution in [0.2, 0.25) is 0 Å².